The number of H-pyrrole nitrogens is 1. The van der Waals surface area contributed by atoms with E-state index >= 15 is 0 Å². The van der Waals surface area contributed by atoms with Crippen molar-refractivity contribution in [2.75, 3.05) is 6.61 Å². The quantitative estimate of drug-likeness (QED) is 0.823. The standard InChI is InChI=1S/C15H19N3O3/c1-9(2)10(3)16-13(19)8-21-15(20)14-11-6-4-5-7-12(11)17-18-14/h4-7,9-10H,8H2,1-3H3,(H,16,19)(H,17,18)/t10-/m1/s1. The first-order valence-corrected chi connectivity index (χ1v) is 6.88. The number of para-hydroxylation sites is 1. The zero-order chi connectivity index (χ0) is 15.4. The fourth-order valence-electron chi connectivity index (χ4n) is 1.78. The molecule has 0 saturated heterocycles. The monoisotopic (exact) mass is 289 g/mol. The number of amides is 1. The summed E-state index contributed by atoms with van der Waals surface area (Å²) in [4.78, 5) is 23.6. The van der Waals surface area contributed by atoms with Crippen molar-refractivity contribution < 1.29 is 14.3 Å². The molecular formula is C15H19N3O3. The van der Waals surface area contributed by atoms with Crippen LogP contribution >= 0.6 is 0 Å². The smallest absolute Gasteiger partial charge is 0.359 e. The number of ether oxygens (including phenoxy) is 1. The molecule has 0 fully saturated rings. The van der Waals surface area contributed by atoms with Crippen molar-refractivity contribution in [2.45, 2.75) is 26.8 Å². The van der Waals surface area contributed by atoms with Gasteiger partial charge in [-0.25, -0.2) is 4.79 Å². The zero-order valence-electron chi connectivity index (χ0n) is 12.3. The van der Waals surface area contributed by atoms with E-state index < -0.39 is 5.97 Å². The summed E-state index contributed by atoms with van der Waals surface area (Å²) in [6.07, 6.45) is 0. The van der Waals surface area contributed by atoms with Crippen LogP contribution in [0.4, 0.5) is 0 Å². The molecule has 0 unspecified atom stereocenters. The lowest BCUT2D eigenvalue weighted by molar-refractivity contribution is -0.125. The third-order valence-corrected chi connectivity index (χ3v) is 3.39. The van der Waals surface area contributed by atoms with Gasteiger partial charge in [0.15, 0.2) is 12.3 Å². The molecule has 0 saturated carbocycles. The van der Waals surface area contributed by atoms with Gasteiger partial charge in [-0.1, -0.05) is 32.0 Å². The maximum atomic E-state index is 12.0. The van der Waals surface area contributed by atoms with Crippen molar-refractivity contribution in [3.05, 3.63) is 30.0 Å². The third-order valence-electron chi connectivity index (χ3n) is 3.39. The Morgan fingerprint density at radius 3 is 2.71 bits per heavy atom. The Hall–Kier alpha value is -2.37. The van der Waals surface area contributed by atoms with Gasteiger partial charge in [0.05, 0.1) is 5.52 Å². The van der Waals surface area contributed by atoms with Crippen molar-refractivity contribution in [1.29, 1.82) is 0 Å². The highest BCUT2D eigenvalue weighted by Gasteiger charge is 2.17. The zero-order valence-corrected chi connectivity index (χ0v) is 12.3. The number of aromatic amines is 1. The fraction of sp³-hybridized carbons (Fsp3) is 0.400. The van der Waals surface area contributed by atoms with Crippen molar-refractivity contribution in [3.63, 3.8) is 0 Å². The number of carbonyl (C=O) groups is 2. The molecule has 2 rings (SSSR count). The van der Waals surface area contributed by atoms with Crippen LogP contribution < -0.4 is 5.32 Å². The van der Waals surface area contributed by atoms with Gasteiger partial charge in [-0.3, -0.25) is 9.89 Å². The first-order chi connectivity index (χ1) is 9.99. The van der Waals surface area contributed by atoms with E-state index in [0.717, 1.165) is 5.52 Å². The Morgan fingerprint density at radius 1 is 1.29 bits per heavy atom. The van der Waals surface area contributed by atoms with E-state index in [1.165, 1.54) is 0 Å². The van der Waals surface area contributed by atoms with Crippen LogP contribution in [0.5, 0.6) is 0 Å². The van der Waals surface area contributed by atoms with Crippen molar-refractivity contribution in [1.82, 2.24) is 15.5 Å². The van der Waals surface area contributed by atoms with Crippen LogP contribution in [-0.4, -0.2) is 34.7 Å². The minimum atomic E-state index is -0.611. The predicted octanol–water partition coefficient (Wildman–Crippen LogP) is 1.88. The molecule has 112 valence electrons. The number of fused-ring (bicyclic) bond motifs is 1. The molecule has 1 aromatic heterocycles. The predicted molar refractivity (Wildman–Crippen MR) is 78.8 cm³/mol. The fourth-order valence-corrected chi connectivity index (χ4v) is 1.78. The van der Waals surface area contributed by atoms with Gasteiger partial charge in [0, 0.05) is 11.4 Å². The number of nitrogens with one attached hydrogen (secondary N) is 2. The SMILES string of the molecule is CC(C)[C@@H](C)NC(=O)COC(=O)c1n[nH]c2ccccc12. The van der Waals surface area contributed by atoms with Crippen LogP contribution in [0.25, 0.3) is 10.9 Å². The Bertz CT molecular complexity index is 648. The molecule has 1 aromatic carbocycles. The summed E-state index contributed by atoms with van der Waals surface area (Å²) < 4.78 is 5.00. The molecule has 6 nitrogen and oxygen atoms in total. The lowest BCUT2D eigenvalue weighted by atomic mass is 10.1. The summed E-state index contributed by atoms with van der Waals surface area (Å²) in [6.45, 7) is 5.61. The number of carbonyl (C=O) groups excluding carboxylic acids is 2. The molecule has 2 N–H and O–H groups in total. The third kappa shape index (κ3) is 3.59. The van der Waals surface area contributed by atoms with E-state index in [0.29, 0.717) is 11.3 Å². The minimum Gasteiger partial charge on any atom is -0.451 e. The van der Waals surface area contributed by atoms with Crippen LogP contribution in [-0.2, 0) is 9.53 Å². The van der Waals surface area contributed by atoms with Gasteiger partial charge in [0.1, 0.15) is 0 Å². The number of aromatic nitrogens is 2. The Morgan fingerprint density at radius 2 is 2.00 bits per heavy atom. The number of esters is 1. The number of rotatable bonds is 5. The van der Waals surface area contributed by atoms with Crippen LogP contribution in [0, 0.1) is 5.92 Å². The van der Waals surface area contributed by atoms with E-state index in [9.17, 15) is 9.59 Å². The number of benzene rings is 1. The minimum absolute atomic E-state index is 0.0300. The summed E-state index contributed by atoms with van der Waals surface area (Å²) in [5, 5.41) is 10.1. The molecular weight excluding hydrogens is 270 g/mol. The van der Waals surface area contributed by atoms with E-state index in [1.54, 1.807) is 6.07 Å². The largest absolute Gasteiger partial charge is 0.451 e. The normalized spacial score (nSPS) is 12.4. The number of hydrogen-bond donors (Lipinski definition) is 2. The van der Waals surface area contributed by atoms with E-state index in [1.807, 2.05) is 39.0 Å². The van der Waals surface area contributed by atoms with Gasteiger partial charge in [-0.15, -0.1) is 0 Å². The summed E-state index contributed by atoms with van der Waals surface area (Å²) in [7, 11) is 0. The van der Waals surface area contributed by atoms with Gasteiger partial charge in [-0.05, 0) is 18.9 Å². The Kier molecular flexibility index (Phi) is 4.57. The molecule has 1 amide bonds. The lowest BCUT2D eigenvalue weighted by Gasteiger charge is -2.17. The second kappa shape index (κ2) is 6.39. The molecule has 1 atom stereocenters. The topological polar surface area (TPSA) is 84.1 Å². The van der Waals surface area contributed by atoms with E-state index in [-0.39, 0.29) is 24.2 Å². The second-order valence-electron chi connectivity index (χ2n) is 5.29. The summed E-state index contributed by atoms with van der Waals surface area (Å²) >= 11 is 0. The first kappa shape index (κ1) is 15.0. The van der Waals surface area contributed by atoms with E-state index in [4.69, 9.17) is 4.74 Å². The molecule has 2 aromatic rings. The van der Waals surface area contributed by atoms with Crippen LogP contribution in [0.3, 0.4) is 0 Å². The van der Waals surface area contributed by atoms with Crippen LogP contribution in [0.1, 0.15) is 31.3 Å². The average molecular weight is 289 g/mol. The van der Waals surface area contributed by atoms with Gasteiger partial charge < -0.3 is 10.1 Å². The van der Waals surface area contributed by atoms with Gasteiger partial charge in [0.25, 0.3) is 5.91 Å². The average Bonchev–Trinajstić information content (AvgIpc) is 2.88. The summed E-state index contributed by atoms with van der Waals surface area (Å²) in [6, 6.07) is 7.27. The van der Waals surface area contributed by atoms with Crippen LogP contribution in [0.15, 0.2) is 24.3 Å². The van der Waals surface area contributed by atoms with E-state index in [2.05, 4.69) is 15.5 Å². The molecule has 1 heterocycles. The maximum Gasteiger partial charge on any atom is 0.359 e. The highest BCUT2D eigenvalue weighted by molar-refractivity contribution is 6.02. The number of nitrogens with zero attached hydrogens (tertiary/aromatic N) is 1. The molecule has 0 aliphatic carbocycles. The molecule has 0 spiro atoms. The summed E-state index contributed by atoms with van der Waals surface area (Å²) in [5.74, 6) is -0.607. The van der Waals surface area contributed by atoms with Crippen molar-refractivity contribution >= 4 is 22.8 Å². The number of hydrogen-bond acceptors (Lipinski definition) is 4. The van der Waals surface area contributed by atoms with Crippen molar-refractivity contribution in [2.24, 2.45) is 5.92 Å². The molecule has 6 heteroatoms. The van der Waals surface area contributed by atoms with Gasteiger partial charge in [-0.2, -0.15) is 5.10 Å². The maximum absolute atomic E-state index is 12.0. The molecule has 0 bridgehead atoms. The Labute approximate surface area is 122 Å². The highest BCUT2D eigenvalue weighted by atomic mass is 16.5. The van der Waals surface area contributed by atoms with Gasteiger partial charge in [0.2, 0.25) is 0 Å². The first-order valence-electron chi connectivity index (χ1n) is 6.88. The second-order valence-corrected chi connectivity index (χ2v) is 5.29. The molecule has 21 heavy (non-hydrogen) atoms. The summed E-state index contributed by atoms with van der Waals surface area (Å²) in [5.41, 5.74) is 0.942. The lowest BCUT2D eigenvalue weighted by Crippen LogP contribution is -2.38. The molecule has 0 aliphatic rings. The molecule has 0 aliphatic heterocycles. The highest BCUT2D eigenvalue weighted by Crippen LogP contribution is 2.15. The van der Waals surface area contributed by atoms with Crippen molar-refractivity contribution in [3.8, 4) is 0 Å². The van der Waals surface area contributed by atoms with Gasteiger partial charge >= 0.3 is 5.97 Å². The molecule has 0 radical (unpaired) electrons. The Balaban J connectivity index is 1.95. The van der Waals surface area contributed by atoms with Crippen LogP contribution in [0.2, 0.25) is 0 Å².